The molecular formula is C10H14ClF2N5. The van der Waals surface area contributed by atoms with Crippen molar-refractivity contribution >= 4 is 23.5 Å². The Morgan fingerprint density at radius 3 is 2.67 bits per heavy atom. The SMILES string of the molecule is [2H]C([2H])([2H])C([2H])(Nc1nc(Cl)nc(NC2CC(F)(F)C2)n1)C([2H])([2H])[2H]. The van der Waals surface area contributed by atoms with Crippen molar-refractivity contribution in [2.24, 2.45) is 0 Å². The van der Waals surface area contributed by atoms with Crippen LogP contribution < -0.4 is 10.6 Å². The fraction of sp³-hybridized carbons (Fsp3) is 0.700. The molecule has 0 spiro atoms. The molecule has 1 aliphatic rings. The third kappa shape index (κ3) is 3.38. The van der Waals surface area contributed by atoms with Crippen molar-refractivity contribution in [1.29, 1.82) is 0 Å². The third-order valence-corrected chi connectivity index (χ3v) is 2.44. The Bertz CT molecular complexity index is 632. The first-order chi connectivity index (χ1) is 11.1. The predicted molar refractivity (Wildman–Crippen MR) is 65.2 cm³/mol. The van der Waals surface area contributed by atoms with Crippen molar-refractivity contribution in [3.05, 3.63) is 5.28 Å². The van der Waals surface area contributed by atoms with Gasteiger partial charge in [0, 0.05) is 33.1 Å². The monoisotopic (exact) mass is 284 g/mol. The number of rotatable bonds is 4. The van der Waals surface area contributed by atoms with Crippen LogP contribution in [-0.2, 0) is 0 Å². The first-order valence-electron chi connectivity index (χ1n) is 8.47. The smallest absolute Gasteiger partial charge is 0.252 e. The lowest BCUT2D eigenvalue weighted by atomic mass is 9.88. The molecule has 2 rings (SSSR count). The topological polar surface area (TPSA) is 62.7 Å². The number of alkyl halides is 2. The molecule has 8 heteroatoms. The maximum Gasteiger partial charge on any atom is 0.252 e. The molecule has 100 valence electrons. The number of halogens is 3. The van der Waals surface area contributed by atoms with Gasteiger partial charge < -0.3 is 10.6 Å². The van der Waals surface area contributed by atoms with Gasteiger partial charge in [0.1, 0.15) is 0 Å². The van der Waals surface area contributed by atoms with Crippen LogP contribution in [0.15, 0.2) is 0 Å². The molecule has 5 nitrogen and oxygen atoms in total. The lowest BCUT2D eigenvalue weighted by molar-refractivity contribution is -0.0794. The number of anilines is 2. The molecule has 1 aromatic rings. The van der Waals surface area contributed by atoms with Crippen molar-refractivity contribution < 1.29 is 18.4 Å². The second kappa shape index (κ2) is 4.79. The van der Waals surface area contributed by atoms with Crippen LogP contribution >= 0.6 is 11.6 Å². The molecule has 0 amide bonds. The molecule has 1 saturated carbocycles. The molecule has 0 atom stereocenters. The van der Waals surface area contributed by atoms with Gasteiger partial charge in [-0.05, 0) is 25.3 Å². The van der Waals surface area contributed by atoms with E-state index in [-0.39, 0.29) is 5.95 Å². The summed E-state index contributed by atoms with van der Waals surface area (Å²) in [6, 6.07) is -3.72. The van der Waals surface area contributed by atoms with E-state index in [1.54, 1.807) is 0 Å². The van der Waals surface area contributed by atoms with Crippen LogP contribution in [0.4, 0.5) is 20.7 Å². The summed E-state index contributed by atoms with van der Waals surface area (Å²) in [7, 11) is 0. The summed E-state index contributed by atoms with van der Waals surface area (Å²) in [5, 5.41) is 4.09. The molecular weight excluding hydrogens is 264 g/mol. The number of nitrogens with one attached hydrogen (secondary N) is 2. The van der Waals surface area contributed by atoms with Crippen LogP contribution in [0.2, 0.25) is 5.28 Å². The minimum absolute atomic E-state index is 0.235. The number of aromatic nitrogens is 3. The van der Waals surface area contributed by atoms with E-state index in [9.17, 15) is 8.78 Å². The molecule has 2 N–H and O–H groups in total. The first kappa shape index (κ1) is 6.79. The molecule has 0 saturated heterocycles. The van der Waals surface area contributed by atoms with E-state index in [1.807, 2.05) is 5.32 Å². The Balaban J connectivity index is 2.24. The van der Waals surface area contributed by atoms with Crippen molar-refractivity contribution in [2.75, 3.05) is 10.6 Å². The fourth-order valence-electron chi connectivity index (χ4n) is 1.53. The molecule has 0 aromatic carbocycles. The molecule has 0 unspecified atom stereocenters. The second-order valence-electron chi connectivity index (χ2n) is 3.86. The van der Waals surface area contributed by atoms with E-state index in [2.05, 4.69) is 20.3 Å². The Morgan fingerprint density at radius 1 is 1.39 bits per heavy atom. The first-order valence-corrected chi connectivity index (χ1v) is 5.35. The zero-order valence-electron chi connectivity index (χ0n) is 16.0. The summed E-state index contributed by atoms with van der Waals surface area (Å²) < 4.78 is 77.4. The highest BCUT2D eigenvalue weighted by Crippen LogP contribution is 2.38. The molecule has 0 radical (unpaired) electrons. The van der Waals surface area contributed by atoms with Crippen LogP contribution in [0.3, 0.4) is 0 Å². The fourth-order valence-corrected chi connectivity index (χ4v) is 1.69. The zero-order chi connectivity index (χ0) is 19.3. The zero-order valence-corrected chi connectivity index (χ0v) is 9.72. The molecule has 1 heterocycles. The normalized spacial score (nSPS) is 26.3. The van der Waals surface area contributed by atoms with E-state index in [0.717, 1.165) is 0 Å². The van der Waals surface area contributed by atoms with Crippen LogP contribution in [0.1, 0.15) is 36.1 Å². The largest absolute Gasteiger partial charge is 0.352 e. The number of hydrogen-bond acceptors (Lipinski definition) is 5. The molecule has 1 aliphatic carbocycles. The average molecular weight is 285 g/mol. The Hall–Kier alpha value is -1.24. The van der Waals surface area contributed by atoms with Gasteiger partial charge in [0.15, 0.2) is 0 Å². The maximum atomic E-state index is 12.9. The summed E-state index contributed by atoms with van der Waals surface area (Å²) in [6.45, 7) is -6.50. The summed E-state index contributed by atoms with van der Waals surface area (Å²) in [6.07, 6.45) is -0.877. The summed E-state index contributed by atoms with van der Waals surface area (Å²) in [5.41, 5.74) is 0. The number of nitrogens with zero attached hydrogens (tertiary/aromatic N) is 3. The second-order valence-corrected chi connectivity index (χ2v) is 4.20. The Labute approximate surface area is 118 Å². The Morgan fingerprint density at radius 2 is 2.06 bits per heavy atom. The quantitative estimate of drug-likeness (QED) is 0.890. The minimum atomic E-state index is -3.25. The van der Waals surface area contributed by atoms with Crippen LogP contribution in [0.5, 0.6) is 0 Å². The molecule has 18 heavy (non-hydrogen) atoms. The van der Waals surface area contributed by atoms with Crippen LogP contribution in [0.25, 0.3) is 0 Å². The highest BCUT2D eigenvalue weighted by Gasteiger charge is 2.45. The van der Waals surface area contributed by atoms with Crippen LogP contribution in [0, 0.1) is 0 Å². The molecule has 1 aromatic heterocycles. The van der Waals surface area contributed by atoms with Crippen molar-refractivity contribution in [2.45, 2.75) is 44.5 Å². The molecule has 0 bridgehead atoms. The average Bonchev–Trinajstić information content (AvgIpc) is 2.32. The van der Waals surface area contributed by atoms with Gasteiger partial charge in [-0.2, -0.15) is 15.0 Å². The third-order valence-electron chi connectivity index (χ3n) is 2.27. The van der Waals surface area contributed by atoms with Gasteiger partial charge in [-0.15, -0.1) is 0 Å². The van der Waals surface area contributed by atoms with Crippen molar-refractivity contribution in [1.82, 2.24) is 15.0 Å². The van der Waals surface area contributed by atoms with Gasteiger partial charge in [0.2, 0.25) is 17.2 Å². The highest BCUT2D eigenvalue weighted by molar-refractivity contribution is 6.28. The maximum absolute atomic E-state index is 12.9. The van der Waals surface area contributed by atoms with Crippen LogP contribution in [-0.4, -0.2) is 32.9 Å². The number of hydrogen-bond donors (Lipinski definition) is 2. The lowest BCUT2D eigenvalue weighted by Crippen LogP contribution is -2.44. The van der Waals surface area contributed by atoms with E-state index >= 15 is 0 Å². The minimum Gasteiger partial charge on any atom is -0.352 e. The van der Waals surface area contributed by atoms with E-state index < -0.39 is 55.8 Å². The Kier molecular flexibility index (Phi) is 1.81. The van der Waals surface area contributed by atoms with Crippen molar-refractivity contribution in [3.8, 4) is 0 Å². The predicted octanol–water partition coefficient (Wildman–Crippen LogP) is 2.55. The molecule has 1 fully saturated rings. The van der Waals surface area contributed by atoms with Gasteiger partial charge in [0.05, 0.1) is 1.37 Å². The summed E-state index contributed by atoms with van der Waals surface area (Å²) in [5.74, 6) is -3.59. The summed E-state index contributed by atoms with van der Waals surface area (Å²) in [4.78, 5) is 10.9. The standard InChI is InChI=1S/C10H14ClF2N5/c1-5(2)14-8-16-7(11)17-9(18-8)15-6-3-10(12,13)4-6/h5-6H,3-4H2,1-2H3,(H2,14,15,16,17,18)/i1D3,2D3,5D. The van der Waals surface area contributed by atoms with Gasteiger partial charge in [-0.3, -0.25) is 0 Å². The van der Waals surface area contributed by atoms with E-state index in [4.69, 9.17) is 21.2 Å². The van der Waals surface area contributed by atoms with Crippen molar-refractivity contribution in [3.63, 3.8) is 0 Å². The highest BCUT2D eigenvalue weighted by atomic mass is 35.5. The van der Waals surface area contributed by atoms with Gasteiger partial charge in [0.25, 0.3) is 5.92 Å². The van der Waals surface area contributed by atoms with Gasteiger partial charge in [-0.1, -0.05) is 0 Å². The van der Waals surface area contributed by atoms with Gasteiger partial charge >= 0.3 is 0 Å². The lowest BCUT2D eigenvalue weighted by Gasteiger charge is -2.35. The van der Waals surface area contributed by atoms with E-state index in [0.29, 0.717) is 0 Å². The molecule has 0 aliphatic heterocycles. The van der Waals surface area contributed by atoms with E-state index in [1.165, 1.54) is 0 Å². The summed E-state index contributed by atoms with van der Waals surface area (Å²) >= 11 is 5.68. The van der Waals surface area contributed by atoms with Gasteiger partial charge in [-0.25, -0.2) is 8.78 Å².